The third-order valence-electron chi connectivity index (χ3n) is 3.64. The van der Waals surface area contributed by atoms with Gasteiger partial charge in [0.1, 0.15) is 5.82 Å². The van der Waals surface area contributed by atoms with Gasteiger partial charge in [0.25, 0.3) is 0 Å². The van der Waals surface area contributed by atoms with E-state index < -0.39 is 0 Å². The Labute approximate surface area is 115 Å². The largest absolute Gasteiger partial charge is 0.329 e. The van der Waals surface area contributed by atoms with Crippen LogP contribution in [-0.2, 0) is 0 Å². The van der Waals surface area contributed by atoms with E-state index in [-0.39, 0.29) is 6.04 Å². The molecule has 0 aliphatic rings. The number of hydrogen-bond acceptors (Lipinski definition) is 3. The Kier molecular flexibility index (Phi) is 3.92. The van der Waals surface area contributed by atoms with Gasteiger partial charge in [-0.25, -0.2) is 4.98 Å². The van der Waals surface area contributed by atoms with Gasteiger partial charge in [-0.3, -0.25) is 0 Å². The number of benzene rings is 1. The van der Waals surface area contributed by atoms with Gasteiger partial charge in [-0.2, -0.15) is 0 Å². The molecule has 0 spiro atoms. The summed E-state index contributed by atoms with van der Waals surface area (Å²) < 4.78 is 2.27. The van der Waals surface area contributed by atoms with Crippen molar-refractivity contribution in [3.63, 3.8) is 0 Å². The van der Waals surface area contributed by atoms with Gasteiger partial charge in [0.15, 0.2) is 0 Å². The minimum atomic E-state index is 0.244. The molecule has 0 saturated heterocycles. The van der Waals surface area contributed by atoms with Crippen LogP contribution in [0.1, 0.15) is 37.3 Å². The van der Waals surface area contributed by atoms with E-state index >= 15 is 0 Å². The summed E-state index contributed by atoms with van der Waals surface area (Å²) in [7, 11) is 4.11. The average molecular weight is 260 g/mol. The summed E-state index contributed by atoms with van der Waals surface area (Å²) in [6.45, 7) is 7.05. The summed E-state index contributed by atoms with van der Waals surface area (Å²) >= 11 is 0. The van der Waals surface area contributed by atoms with E-state index in [2.05, 4.69) is 67.5 Å². The highest BCUT2D eigenvalue weighted by atomic mass is 15.1. The van der Waals surface area contributed by atoms with Crippen molar-refractivity contribution in [3.8, 4) is 0 Å². The zero-order valence-electron chi connectivity index (χ0n) is 12.5. The minimum absolute atomic E-state index is 0.244. The predicted molar refractivity (Wildman–Crippen MR) is 80.3 cm³/mol. The number of aryl methyl sites for hydroxylation is 1. The van der Waals surface area contributed by atoms with Crippen LogP contribution in [-0.4, -0.2) is 35.1 Å². The summed E-state index contributed by atoms with van der Waals surface area (Å²) in [6, 6.07) is 7.17. The maximum absolute atomic E-state index is 5.87. The fourth-order valence-corrected chi connectivity index (χ4v) is 2.74. The van der Waals surface area contributed by atoms with Crippen molar-refractivity contribution in [1.82, 2.24) is 14.5 Å². The summed E-state index contributed by atoms with van der Waals surface area (Å²) in [5, 5.41) is 0. The third-order valence-corrected chi connectivity index (χ3v) is 3.64. The van der Waals surface area contributed by atoms with Crippen molar-refractivity contribution >= 4 is 11.0 Å². The molecular formula is C15H24N4. The van der Waals surface area contributed by atoms with Crippen LogP contribution in [0.5, 0.6) is 0 Å². The Bertz CT molecular complexity index is 569. The number of fused-ring (bicyclic) bond motifs is 1. The van der Waals surface area contributed by atoms with Crippen LogP contribution in [0, 0.1) is 6.92 Å². The lowest BCUT2D eigenvalue weighted by Gasteiger charge is -2.23. The highest BCUT2D eigenvalue weighted by Crippen LogP contribution is 2.25. The van der Waals surface area contributed by atoms with E-state index in [9.17, 15) is 0 Å². The number of nitrogens with two attached hydrogens (primary N) is 1. The molecule has 0 aliphatic heterocycles. The van der Waals surface area contributed by atoms with Gasteiger partial charge < -0.3 is 15.2 Å². The summed E-state index contributed by atoms with van der Waals surface area (Å²) in [6.07, 6.45) is 0. The fraction of sp³-hybridized carbons (Fsp3) is 0.533. The van der Waals surface area contributed by atoms with Crippen molar-refractivity contribution in [2.24, 2.45) is 5.73 Å². The first-order valence-electron chi connectivity index (χ1n) is 6.80. The first-order valence-corrected chi connectivity index (χ1v) is 6.80. The van der Waals surface area contributed by atoms with Gasteiger partial charge in [-0.15, -0.1) is 0 Å². The number of likely N-dealkylation sites (N-methyl/N-ethyl adjacent to an activating group) is 1. The van der Waals surface area contributed by atoms with E-state index in [1.54, 1.807) is 0 Å². The normalized spacial score (nSPS) is 13.7. The number of rotatable bonds is 4. The molecule has 0 aliphatic carbocycles. The molecule has 1 aromatic heterocycles. The van der Waals surface area contributed by atoms with E-state index in [0.29, 0.717) is 12.6 Å². The first kappa shape index (κ1) is 14.0. The lowest BCUT2D eigenvalue weighted by molar-refractivity contribution is 0.306. The Morgan fingerprint density at radius 2 is 2.00 bits per heavy atom. The van der Waals surface area contributed by atoms with Crippen molar-refractivity contribution in [3.05, 3.63) is 29.6 Å². The van der Waals surface area contributed by atoms with Crippen LogP contribution in [0.4, 0.5) is 0 Å². The number of hydrogen-bond donors (Lipinski definition) is 1. The number of aromatic nitrogens is 2. The topological polar surface area (TPSA) is 47.1 Å². The van der Waals surface area contributed by atoms with Crippen molar-refractivity contribution in [1.29, 1.82) is 0 Å². The lowest BCUT2D eigenvalue weighted by Crippen LogP contribution is -2.27. The highest BCUT2D eigenvalue weighted by molar-refractivity contribution is 5.77. The first-order chi connectivity index (χ1) is 8.95. The molecule has 1 heterocycles. The smallest absolute Gasteiger partial charge is 0.106 e. The fourth-order valence-electron chi connectivity index (χ4n) is 2.74. The van der Waals surface area contributed by atoms with Gasteiger partial charge in [-0.1, -0.05) is 6.07 Å². The molecule has 2 rings (SSSR count). The van der Waals surface area contributed by atoms with Crippen molar-refractivity contribution in [2.75, 3.05) is 20.6 Å². The average Bonchev–Trinajstić information content (AvgIpc) is 2.64. The van der Waals surface area contributed by atoms with Crippen molar-refractivity contribution in [2.45, 2.75) is 32.9 Å². The van der Waals surface area contributed by atoms with Gasteiger partial charge >= 0.3 is 0 Å². The molecule has 2 aromatic rings. The van der Waals surface area contributed by atoms with Crippen LogP contribution in [0.2, 0.25) is 0 Å². The molecule has 0 amide bonds. The Morgan fingerprint density at radius 3 is 2.53 bits per heavy atom. The molecule has 1 atom stereocenters. The van der Waals surface area contributed by atoms with Gasteiger partial charge in [0.05, 0.1) is 11.0 Å². The molecule has 0 saturated carbocycles. The second kappa shape index (κ2) is 5.31. The van der Waals surface area contributed by atoms with E-state index in [4.69, 9.17) is 5.73 Å². The number of nitrogens with zero attached hydrogens (tertiary/aromatic N) is 3. The van der Waals surface area contributed by atoms with Gasteiger partial charge in [-0.05, 0) is 52.6 Å². The van der Waals surface area contributed by atoms with Gasteiger partial charge in [0, 0.05) is 18.6 Å². The number of imidazole rings is 1. The molecule has 1 unspecified atom stereocenters. The molecule has 4 nitrogen and oxygen atoms in total. The lowest BCUT2D eigenvalue weighted by atomic mass is 10.1. The highest BCUT2D eigenvalue weighted by Gasteiger charge is 2.15. The zero-order chi connectivity index (χ0) is 14.2. The van der Waals surface area contributed by atoms with E-state index in [0.717, 1.165) is 11.3 Å². The predicted octanol–water partition coefficient (Wildman–Crippen LogP) is 2.49. The van der Waals surface area contributed by atoms with Crippen LogP contribution >= 0.6 is 0 Å². The van der Waals surface area contributed by atoms with Crippen LogP contribution in [0.25, 0.3) is 11.0 Å². The van der Waals surface area contributed by atoms with Crippen LogP contribution in [0.15, 0.2) is 18.2 Å². The molecule has 0 fully saturated rings. The SMILES string of the molecule is Cc1nc2cc(C(CN)N(C)C)ccc2n1C(C)C. The Morgan fingerprint density at radius 1 is 1.32 bits per heavy atom. The zero-order valence-corrected chi connectivity index (χ0v) is 12.5. The molecule has 0 bridgehead atoms. The van der Waals surface area contributed by atoms with E-state index in [1.165, 1.54) is 11.1 Å². The molecule has 104 valence electrons. The van der Waals surface area contributed by atoms with Crippen LogP contribution < -0.4 is 5.73 Å². The molecule has 2 N–H and O–H groups in total. The molecular weight excluding hydrogens is 236 g/mol. The maximum atomic E-state index is 5.87. The van der Waals surface area contributed by atoms with Crippen molar-refractivity contribution < 1.29 is 0 Å². The summed E-state index contributed by atoms with van der Waals surface area (Å²) in [4.78, 5) is 6.82. The summed E-state index contributed by atoms with van der Waals surface area (Å²) in [5.41, 5.74) is 9.35. The third kappa shape index (κ3) is 2.51. The second-order valence-electron chi connectivity index (χ2n) is 5.59. The standard InChI is InChI=1S/C15H24N4/c1-10(2)19-11(3)17-13-8-12(6-7-14(13)19)15(9-16)18(4)5/h6-8,10,15H,9,16H2,1-5H3. The molecule has 19 heavy (non-hydrogen) atoms. The maximum Gasteiger partial charge on any atom is 0.106 e. The van der Waals surface area contributed by atoms with E-state index in [1.807, 2.05) is 0 Å². The Balaban J connectivity index is 2.53. The molecule has 1 aromatic carbocycles. The van der Waals surface area contributed by atoms with Crippen LogP contribution in [0.3, 0.4) is 0 Å². The quantitative estimate of drug-likeness (QED) is 0.918. The Hall–Kier alpha value is -1.39. The monoisotopic (exact) mass is 260 g/mol. The minimum Gasteiger partial charge on any atom is -0.329 e. The van der Waals surface area contributed by atoms with Gasteiger partial charge in [0.2, 0.25) is 0 Å². The second-order valence-corrected chi connectivity index (χ2v) is 5.59. The molecule has 4 heteroatoms. The molecule has 0 radical (unpaired) electrons. The summed E-state index contributed by atoms with van der Waals surface area (Å²) in [5.74, 6) is 1.07.